The number of fused-ring (bicyclic) bond motifs is 1. The average molecular weight is 172 g/mol. The minimum absolute atomic E-state index is 0.345. The third-order valence-corrected chi connectivity index (χ3v) is 3.13. The molecule has 2 aliphatic carbocycles. The van der Waals surface area contributed by atoms with Crippen molar-refractivity contribution >= 4 is 5.78 Å². The SMILES string of the molecule is O=C1CCc2c1cccc2C1CC1. The summed E-state index contributed by atoms with van der Waals surface area (Å²) >= 11 is 0. The van der Waals surface area contributed by atoms with Gasteiger partial charge in [0.05, 0.1) is 0 Å². The zero-order valence-corrected chi connectivity index (χ0v) is 7.55. The maximum absolute atomic E-state index is 11.5. The standard InChI is InChI=1S/C12H12O/c13-12-7-6-10-9(8-4-5-8)2-1-3-11(10)12/h1-3,8H,4-7H2. The Morgan fingerprint density at radius 3 is 2.77 bits per heavy atom. The molecule has 0 atom stereocenters. The molecule has 0 heterocycles. The van der Waals surface area contributed by atoms with Crippen LogP contribution in [0.5, 0.6) is 0 Å². The van der Waals surface area contributed by atoms with Gasteiger partial charge in [-0.25, -0.2) is 0 Å². The molecule has 0 saturated heterocycles. The van der Waals surface area contributed by atoms with Crippen molar-refractivity contribution in [3.05, 3.63) is 34.9 Å². The van der Waals surface area contributed by atoms with E-state index >= 15 is 0 Å². The van der Waals surface area contributed by atoms with Crippen molar-refractivity contribution in [1.29, 1.82) is 0 Å². The van der Waals surface area contributed by atoms with Gasteiger partial charge in [0.15, 0.2) is 5.78 Å². The lowest BCUT2D eigenvalue weighted by Crippen LogP contribution is -1.93. The first kappa shape index (κ1) is 7.31. The molecule has 0 unspecified atom stereocenters. The maximum Gasteiger partial charge on any atom is 0.163 e. The third kappa shape index (κ3) is 1.03. The van der Waals surface area contributed by atoms with Gasteiger partial charge in [-0.1, -0.05) is 18.2 Å². The number of hydrogen-bond acceptors (Lipinski definition) is 1. The first-order chi connectivity index (χ1) is 6.36. The van der Waals surface area contributed by atoms with E-state index < -0.39 is 0 Å². The molecule has 0 spiro atoms. The van der Waals surface area contributed by atoms with Crippen molar-refractivity contribution in [3.8, 4) is 0 Å². The third-order valence-electron chi connectivity index (χ3n) is 3.13. The monoisotopic (exact) mass is 172 g/mol. The van der Waals surface area contributed by atoms with Crippen LogP contribution in [0.3, 0.4) is 0 Å². The summed E-state index contributed by atoms with van der Waals surface area (Å²) in [6.45, 7) is 0. The Morgan fingerprint density at radius 1 is 1.15 bits per heavy atom. The molecule has 2 aliphatic rings. The van der Waals surface area contributed by atoms with Crippen LogP contribution in [0.25, 0.3) is 0 Å². The van der Waals surface area contributed by atoms with Gasteiger partial charge in [0.1, 0.15) is 0 Å². The summed E-state index contributed by atoms with van der Waals surface area (Å²) < 4.78 is 0. The minimum Gasteiger partial charge on any atom is -0.294 e. The van der Waals surface area contributed by atoms with Gasteiger partial charge in [0.25, 0.3) is 0 Å². The van der Waals surface area contributed by atoms with E-state index in [-0.39, 0.29) is 0 Å². The van der Waals surface area contributed by atoms with E-state index in [1.165, 1.54) is 24.0 Å². The molecule has 0 aliphatic heterocycles. The normalized spacial score (nSPS) is 20.5. The van der Waals surface area contributed by atoms with Crippen LogP contribution in [0.1, 0.15) is 46.7 Å². The maximum atomic E-state index is 11.5. The van der Waals surface area contributed by atoms with Crippen LogP contribution in [0.2, 0.25) is 0 Å². The Morgan fingerprint density at radius 2 is 2.00 bits per heavy atom. The van der Waals surface area contributed by atoms with Crippen LogP contribution in [0.4, 0.5) is 0 Å². The predicted octanol–water partition coefficient (Wildman–Crippen LogP) is 2.69. The van der Waals surface area contributed by atoms with Gasteiger partial charge >= 0.3 is 0 Å². The van der Waals surface area contributed by atoms with E-state index in [0.29, 0.717) is 5.78 Å². The van der Waals surface area contributed by atoms with Gasteiger partial charge in [-0.2, -0.15) is 0 Å². The summed E-state index contributed by atoms with van der Waals surface area (Å²) in [6.07, 6.45) is 4.37. The van der Waals surface area contributed by atoms with Gasteiger partial charge in [-0.3, -0.25) is 4.79 Å². The summed E-state index contributed by atoms with van der Waals surface area (Å²) in [5.74, 6) is 1.12. The first-order valence-corrected chi connectivity index (χ1v) is 5.01. The Balaban J connectivity index is 2.17. The second kappa shape index (κ2) is 2.44. The molecule has 0 aromatic heterocycles. The second-order valence-electron chi connectivity index (χ2n) is 4.07. The highest BCUT2D eigenvalue weighted by atomic mass is 16.1. The molecule has 66 valence electrons. The van der Waals surface area contributed by atoms with Crippen LogP contribution < -0.4 is 0 Å². The zero-order chi connectivity index (χ0) is 8.84. The molecule has 0 amide bonds. The number of ketones is 1. The van der Waals surface area contributed by atoms with Crippen molar-refractivity contribution in [3.63, 3.8) is 0 Å². The number of carbonyl (C=O) groups excluding carboxylic acids is 1. The molecule has 0 bridgehead atoms. The molecule has 1 nitrogen and oxygen atoms in total. The lowest BCUT2D eigenvalue weighted by Gasteiger charge is -2.04. The molecule has 13 heavy (non-hydrogen) atoms. The van der Waals surface area contributed by atoms with E-state index in [0.717, 1.165) is 24.3 Å². The first-order valence-electron chi connectivity index (χ1n) is 5.01. The van der Waals surface area contributed by atoms with Crippen molar-refractivity contribution < 1.29 is 4.79 Å². The van der Waals surface area contributed by atoms with Crippen molar-refractivity contribution in [1.82, 2.24) is 0 Å². The van der Waals surface area contributed by atoms with Crippen molar-refractivity contribution in [2.45, 2.75) is 31.6 Å². The van der Waals surface area contributed by atoms with Gasteiger partial charge in [0, 0.05) is 12.0 Å². The molecule has 0 radical (unpaired) electrons. The summed E-state index contributed by atoms with van der Waals surface area (Å²) in [5, 5.41) is 0. The van der Waals surface area contributed by atoms with Gasteiger partial charge in [-0.05, 0) is 36.3 Å². The summed E-state index contributed by atoms with van der Waals surface area (Å²) in [7, 11) is 0. The fourth-order valence-corrected chi connectivity index (χ4v) is 2.29. The Bertz CT molecular complexity index is 375. The van der Waals surface area contributed by atoms with Crippen LogP contribution in [-0.2, 0) is 6.42 Å². The van der Waals surface area contributed by atoms with Crippen molar-refractivity contribution in [2.24, 2.45) is 0 Å². The average Bonchev–Trinajstić information content (AvgIpc) is 2.92. The minimum atomic E-state index is 0.345. The fraction of sp³-hybridized carbons (Fsp3) is 0.417. The molecular formula is C12H12O. The highest BCUT2D eigenvalue weighted by Gasteiger charge is 2.30. The predicted molar refractivity (Wildman–Crippen MR) is 51.1 cm³/mol. The van der Waals surface area contributed by atoms with Gasteiger partial charge < -0.3 is 0 Å². The number of hydrogen-bond donors (Lipinski definition) is 0. The van der Waals surface area contributed by atoms with E-state index in [4.69, 9.17) is 0 Å². The van der Waals surface area contributed by atoms with E-state index in [1.807, 2.05) is 12.1 Å². The lowest BCUT2D eigenvalue weighted by molar-refractivity contribution is 0.0994. The largest absolute Gasteiger partial charge is 0.294 e. The number of Topliss-reactive ketones (excluding diaryl/α,β-unsaturated/α-hetero) is 1. The molecule has 3 rings (SSSR count). The lowest BCUT2D eigenvalue weighted by atomic mass is 10.00. The summed E-state index contributed by atoms with van der Waals surface area (Å²) in [4.78, 5) is 11.5. The summed E-state index contributed by atoms with van der Waals surface area (Å²) in [6, 6.07) is 6.22. The van der Waals surface area contributed by atoms with Crippen LogP contribution in [-0.4, -0.2) is 5.78 Å². The van der Waals surface area contributed by atoms with E-state index in [1.54, 1.807) is 0 Å². The van der Waals surface area contributed by atoms with Gasteiger partial charge in [-0.15, -0.1) is 0 Å². The number of rotatable bonds is 1. The topological polar surface area (TPSA) is 17.1 Å². The smallest absolute Gasteiger partial charge is 0.163 e. The molecule has 1 saturated carbocycles. The zero-order valence-electron chi connectivity index (χ0n) is 7.55. The molecular weight excluding hydrogens is 160 g/mol. The Labute approximate surface area is 77.8 Å². The van der Waals surface area contributed by atoms with Crippen LogP contribution >= 0.6 is 0 Å². The van der Waals surface area contributed by atoms with E-state index in [9.17, 15) is 4.79 Å². The highest BCUT2D eigenvalue weighted by molar-refractivity contribution is 6.00. The van der Waals surface area contributed by atoms with Crippen LogP contribution in [0.15, 0.2) is 18.2 Å². The van der Waals surface area contributed by atoms with E-state index in [2.05, 4.69) is 6.07 Å². The molecule has 1 aromatic carbocycles. The second-order valence-corrected chi connectivity index (χ2v) is 4.07. The summed E-state index contributed by atoms with van der Waals surface area (Å²) in [5.41, 5.74) is 3.82. The molecule has 1 fully saturated rings. The van der Waals surface area contributed by atoms with Crippen molar-refractivity contribution in [2.75, 3.05) is 0 Å². The molecule has 0 N–H and O–H groups in total. The Hall–Kier alpha value is -1.11. The number of benzene rings is 1. The molecule has 1 heteroatoms. The van der Waals surface area contributed by atoms with Crippen LogP contribution in [0, 0.1) is 0 Å². The van der Waals surface area contributed by atoms with Gasteiger partial charge in [0.2, 0.25) is 0 Å². The Kier molecular flexibility index (Phi) is 1.37. The highest BCUT2D eigenvalue weighted by Crippen LogP contribution is 2.43. The molecule has 1 aromatic rings. The number of carbonyl (C=O) groups is 1. The fourth-order valence-electron chi connectivity index (χ4n) is 2.29. The quantitative estimate of drug-likeness (QED) is 0.636.